The highest BCUT2D eigenvalue weighted by Gasteiger charge is 2.22. The van der Waals surface area contributed by atoms with Crippen LogP contribution in [-0.4, -0.2) is 45.6 Å². The zero-order chi connectivity index (χ0) is 16.4. The number of nitrogens with zero attached hydrogens (tertiary/aromatic N) is 4. The van der Waals surface area contributed by atoms with Crippen LogP contribution in [0.2, 0.25) is 0 Å². The lowest BCUT2D eigenvalue weighted by Crippen LogP contribution is -2.43. The Hall–Kier alpha value is -1.96. The summed E-state index contributed by atoms with van der Waals surface area (Å²) < 4.78 is 13.3. The average Bonchev–Trinajstić information content (AvgIpc) is 3.29. The third kappa shape index (κ3) is 3.58. The molecule has 0 aliphatic carbocycles. The third-order valence-corrected chi connectivity index (χ3v) is 4.97. The summed E-state index contributed by atoms with van der Waals surface area (Å²) in [5, 5.41) is 10.6. The summed E-state index contributed by atoms with van der Waals surface area (Å²) in [6, 6.07) is 6.10. The van der Waals surface area contributed by atoms with Gasteiger partial charge in [0.1, 0.15) is 0 Å². The second-order valence-corrected chi connectivity index (χ2v) is 7.08. The molecule has 1 aliphatic heterocycles. The van der Waals surface area contributed by atoms with Crippen molar-refractivity contribution < 1.29 is 9.26 Å². The highest BCUT2D eigenvalue weighted by molar-refractivity contribution is 7.13. The second kappa shape index (κ2) is 6.88. The second-order valence-electron chi connectivity index (χ2n) is 6.13. The number of rotatable bonds is 5. The lowest BCUT2D eigenvalue weighted by atomic mass is 10.2. The minimum atomic E-state index is 0.154. The van der Waals surface area contributed by atoms with Gasteiger partial charge in [-0.15, -0.1) is 11.3 Å². The lowest BCUT2D eigenvalue weighted by molar-refractivity contribution is -0.0407. The van der Waals surface area contributed by atoms with Gasteiger partial charge in [-0.05, 0) is 23.9 Å². The fourth-order valence-electron chi connectivity index (χ4n) is 2.96. The Morgan fingerprint density at radius 2 is 2.38 bits per heavy atom. The maximum atomic E-state index is 5.88. The van der Waals surface area contributed by atoms with Gasteiger partial charge in [0.05, 0.1) is 36.0 Å². The van der Waals surface area contributed by atoms with Crippen LogP contribution in [0.5, 0.6) is 0 Å². The van der Waals surface area contributed by atoms with Crippen LogP contribution in [0.3, 0.4) is 0 Å². The first-order valence-corrected chi connectivity index (χ1v) is 8.97. The van der Waals surface area contributed by atoms with Crippen LogP contribution >= 0.6 is 11.3 Å². The Kier molecular flexibility index (Phi) is 4.46. The van der Waals surface area contributed by atoms with Gasteiger partial charge < -0.3 is 9.26 Å². The van der Waals surface area contributed by atoms with Gasteiger partial charge in [-0.2, -0.15) is 5.10 Å². The average molecular weight is 344 g/mol. The molecule has 1 atom stereocenters. The SMILES string of the molecule is Cc1cnn(CC2CN(Cc3cc(-c4cccs4)on3)CCO2)c1. The predicted molar refractivity (Wildman–Crippen MR) is 91.8 cm³/mol. The van der Waals surface area contributed by atoms with Gasteiger partial charge in [-0.3, -0.25) is 9.58 Å². The summed E-state index contributed by atoms with van der Waals surface area (Å²) in [7, 11) is 0. The van der Waals surface area contributed by atoms with E-state index in [1.807, 2.05) is 47.6 Å². The summed E-state index contributed by atoms with van der Waals surface area (Å²) in [5.74, 6) is 0.844. The summed E-state index contributed by atoms with van der Waals surface area (Å²) in [4.78, 5) is 3.48. The first-order valence-electron chi connectivity index (χ1n) is 8.09. The number of aryl methyl sites for hydroxylation is 1. The van der Waals surface area contributed by atoms with Crippen molar-refractivity contribution in [3.63, 3.8) is 0 Å². The molecular formula is C17H20N4O2S. The van der Waals surface area contributed by atoms with E-state index in [2.05, 4.69) is 15.2 Å². The van der Waals surface area contributed by atoms with Crippen molar-refractivity contribution >= 4 is 11.3 Å². The normalized spacial score (nSPS) is 19.0. The van der Waals surface area contributed by atoms with E-state index in [9.17, 15) is 0 Å². The zero-order valence-electron chi connectivity index (χ0n) is 13.6. The maximum Gasteiger partial charge on any atom is 0.177 e. The van der Waals surface area contributed by atoms with Gasteiger partial charge in [0.15, 0.2) is 5.76 Å². The van der Waals surface area contributed by atoms with Crippen molar-refractivity contribution in [3.05, 3.63) is 47.2 Å². The van der Waals surface area contributed by atoms with Gasteiger partial charge in [0.25, 0.3) is 0 Å². The number of thiophene rings is 1. The van der Waals surface area contributed by atoms with E-state index in [1.54, 1.807) is 11.3 Å². The van der Waals surface area contributed by atoms with Crippen molar-refractivity contribution in [2.24, 2.45) is 0 Å². The van der Waals surface area contributed by atoms with E-state index >= 15 is 0 Å². The van der Waals surface area contributed by atoms with Crippen LogP contribution in [0.4, 0.5) is 0 Å². The van der Waals surface area contributed by atoms with Gasteiger partial charge in [0.2, 0.25) is 0 Å². The van der Waals surface area contributed by atoms with Crippen LogP contribution in [0, 0.1) is 6.92 Å². The highest BCUT2D eigenvalue weighted by atomic mass is 32.1. The maximum absolute atomic E-state index is 5.88. The Labute approximate surface area is 144 Å². The molecule has 1 saturated heterocycles. The molecule has 0 aromatic carbocycles. The quantitative estimate of drug-likeness (QED) is 0.712. The molecule has 4 rings (SSSR count). The first kappa shape index (κ1) is 15.6. The minimum Gasteiger partial charge on any atom is -0.374 e. The van der Waals surface area contributed by atoms with Crippen LogP contribution in [0.1, 0.15) is 11.3 Å². The molecule has 1 unspecified atom stereocenters. The van der Waals surface area contributed by atoms with Crippen LogP contribution < -0.4 is 0 Å². The molecule has 0 saturated carbocycles. The molecule has 24 heavy (non-hydrogen) atoms. The van der Waals surface area contributed by atoms with Crippen molar-refractivity contribution in [3.8, 4) is 10.6 Å². The summed E-state index contributed by atoms with van der Waals surface area (Å²) in [6.45, 7) is 6.14. The van der Waals surface area contributed by atoms with E-state index in [0.29, 0.717) is 0 Å². The molecule has 0 bridgehead atoms. The molecule has 7 heteroatoms. The molecule has 4 heterocycles. The van der Waals surface area contributed by atoms with Gasteiger partial charge in [-0.1, -0.05) is 11.2 Å². The van der Waals surface area contributed by atoms with Crippen LogP contribution in [0.25, 0.3) is 10.6 Å². The van der Waals surface area contributed by atoms with E-state index in [4.69, 9.17) is 9.26 Å². The molecular weight excluding hydrogens is 324 g/mol. The highest BCUT2D eigenvalue weighted by Crippen LogP contribution is 2.25. The molecule has 6 nitrogen and oxygen atoms in total. The standard InChI is InChI=1S/C17H20N4O2S/c1-13-8-18-21(9-13)12-15-11-20(4-5-22-15)10-14-7-16(23-19-14)17-3-2-6-24-17/h2-3,6-9,15H,4-5,10-12H2,1H3. The minimum absolute atomic E-state index is 0.154. The fraction of sp³-hybridized carbons (Fsp3) is 0.412. The Morgan fingerprint density at radius 3 is 3.17 bits per heavy atom. The zero-order valence-corrected chi connectivity index (χ0v) is 14.4. The topological polar surface area (TPSA) is 56.3 Å². The van der Waals surface area contributed by atoms with Crippen molar-refractivity contribution in [1.29, 1.82) is 0 Å². The third-order valence-electron chi connectivity index (χ3n) is 4.08. The van der Waals surface area contributed by atoms with E-state index in [1.165, 1.54) is 5.56 Å². The number of ether oxygens (including phenoxy) is 1. The van der Waals surface area contributed by atoms with E-state index < -0.39 is 0 Å². The molecule has 3 aromatic rings. The fourth-order valence-corrected chi connectivity index (χ4v) is 3.63. The number of hydrogen-bond acceptors (Lipinski definition) is 6. The largest absolute Gasteiger partial charge is 0.374 e. The molecule has 1 aliphatic rings. The molecule has 0 N–H and O–H groups in total. The number of hydrogen-bond donors (Lipinski definition) is 0. The van der Waals surface area contributed by atoms with Crippen molar-refractivity contribution in [2.45, 2.75) is 26.1 Å². The van der Waals surface area contributed by atoms with Gasteiger partial charge in [0, 0.05) is 31.9 Å². The smallest absolute Gasteiger partial charge is 0.177 e. The molecule has 3 aromatic heterocycles. The van der Waals surface area contributed by atoms with Gasteiger partial charge >= 0.3 is 0 Å². The summed E-state index contributed by atoms with van der Waals surface area (Å²) >= 11 is 1.66. The Morgan fingerprint density at radius 1 is 1.42 bits per heavy atom. The Balaban J connectivity index is 1.36. The molecule has 126 valence electrons. The number of aromatic nitrogens is 3. The van der Waals surface area contributed by atoms with E-state index in [-0.39, 0.29) is 6.10 Å². The van der Waals surface area contributed by atoms with Crippen LogP contribution in [-0.2, 0) is 17.8 Å². The molecule has 0 radical (unpaired) electrons. The van der Waals surface area contributed by atoms with Crippen LogP contribution in [0.15, 0.2) is 40.5 Å². The summed E-state index contributed by atoms with van der Waals surface area (Å²) in [6.07, 6.45) is 4.08. The van der Waals surface area contributed by atoms with Crippen molar-refractivity contribution in [2.75, 3.05) is 19.7 Å². The lowest BCUT2D eigenvalue weighted by Gasteiger charge is -2.32. The predicted octanol–water partition coefficient (Wildman–Crippen LogP) is 2.81. The Bertz CT molecular complexity index is 780. The van der Waals surface area contributed by atoms with Gasteiger partial charge in [-0.25, -0.2) is 0 Å². The first-order chi connectivity index (χ1) is 11.8. The molecule has 1 fully saturated rings. The molecule has 0 spiro atoms. The summed E-state index contributed by atoms with van der Waals surface area (Å²) in [5.41, 5.74) is 2.14. The van der Waals surface area contributed by atoms with E-state index in [0.717, 1.165) is 49.1 Å². The van der Waals surface area contributed by atoms with Crippen molar-refractivity contribution in [1.82, 2.24) is 19.8 Å². The molecule has 0 amide bonds. The number of morpholine rings is 1. The monoisotopic (exact) mass is 344 g/mol.